The van der Waals surface area contributed by atoms with Gasteiger partial charge in [-0.05, 0) is 37.5 Å². The average Bonchev–Trinajstić information content (AvgIpc) is 3.29. The number of aromatic nitrogens is 2. The average molecular weight is 447 g/mol. The molecule has 0 spiro atoms. The number of nitrogens with zero attached hydrogens (tertiary/aromatic N) is 2. The Morgan fingerprint density at radius 1 is 1.44 bits per heavy atom. The van der Waals surface area contributed by atoms with E-state index in [2.05, 4.69) is 20.8 Å². The highest BCUT2D eigenvalue weighted by atomic mass is 35.5. The number of hydrogen-bond acceptors (Lipinski definition) is 7. The molecule has 0 unspecified atom stereocenters. The summed E-state index contributed by atoms with van der Waals surface area (Å²) in [5, 5.41) is 16.2. The van der Waals surface area contributed by atoms with Gasteiger partial charge in [0.05, 0.1) is 17.9 Å². The molecular weight excluding hydrogens is 427 g/mol. The molecule has 1 aromatic carbocycles. The van der Waals surface area contributed by atoms with Crippen LogP contribution >= 0.6 is 46.3 Å². The van der Waals surface area contributed by atoms with Gasteiger partial charge in [0.1, 0.15) is 0 Å². The van der Waals surface area contributed by atoms with Crippen LogP contribution in [0.25, 0.3) is 0 Å². The fourth-order valence-electron chi connectivity index (χ4n) is 2.69. The van der Waals surface area contributed by atoms with E-state index in [1.807, 2.05) is 13.0 Å². The first-order valence-corrected chi connectivity index (χ1v) is 11.1. The van der Waals surface area contributed by atoms with Crippen LogP contribution in [0.15, 0.2) is 22.5 Å². The summed E-state index contributed by atoms with van der Waals surface area (Å²) in [4.78, 5) is 12.2. The molecule has 10 heteroatoms. The van der Waals surface area contributed by atoms with Gasteiger partial charge in [-0.1, -0.05) is 52.4 Å². The van der Waals surface area contributed by atoms with E-state index in [1.165, 1.54) is 23.1 Å². The molecule has 0 bridgehead atoms. The van der Waals surface area contributed by atoms with Gasteiger partial charge in [-0.15, -0.1) is 10.2 Å². The van der Waals surface area contributed by atoms with Gasteiger partial charge in [0.25, 0.3) is 0 Å². The molecule has 1 saturated heterocycles. The number of carbonyl (C=O) groups is 1. The lowest BCUT2D eigenvalue weighted by molar-refractivity contribution is -0.119. The zero-order valence-corrected chi connectivity index (χ0v) is 17.9. The highest BCUT2D eigenvalue weighted by Crippen LogP contribution is 2.28. The predicted octanol–water partition coefficient (Wildman–Crippen LogP) is 4.41. The number of rotatable bonds is 8. The number of carbonyl (C=O) groups excluding carboxylic acids is 1. The van der Waals surface area contributed by atoms with Gasteiger partial charge in [0.15, 0.2) is 4.34 Å². The molecule has 2 heterocycles. The van der Waals surface area contributed by atoms with Gasteiger partial charge in [0, 0.05) is 23.2 Å². The largest absolute Gasteiger partial charge is 0.376 e. The number of benzene rings is 1. The molecule has 6 nitrogen and oxygen atoms in total. The normalized spacial score (nSPS) is 17.7. The van der Waals surface area contributed by atoms with Crippen molar-refractivity contribution >= 4 is 57.3 Å². The van der Waals surface area contributed by atoms with Crippen molar-refractivity contribution in [3.05, 3.63) is 33.8 Å². The molecule has 0 radical (unpaired) electrons. The minimum atomic E-state index is -0.207. The lowest BCUT2D eigenvalue weighted by Gasteiger charge is -2.15. The van der Waals surface area contributed by atoms with Crippen LogP contribution in [0.3, 0.4) is 0 Å². The fourth-order valence-corrected chi connectivity index (χ4v) is 4.83. The molecule has 3 rings (SSSR count). The number of halogens is 2. The van der Waals surface area contributed by atoms with Crippen molar-refractivity contribution in [2.45, 2.75) is 36.3 Å². The number of hydrogen-bond donors (Lipinski definition) is 2. The van der Waals surface area contributed by atoms with Crippen LogP contribution in [0.1, 0.15) is 31.4 Å². The van der Waals surface area contributed by atoms with Crippen molar-refractivity contribution in [1.29, 1.82) is 0 Å². The van der Waals surface area contributed by atoms with Crippen molar-refractivity contribution in [1.82, 2.24) is 15.5 Å². The summed E-state index contributed by atoms with van der Waals surface area (Å²) in [5.41, 5.74) is 0.830. The molecule has 1 aliphatic rings. The van der Waals surface area contributed by atoms with E-state index >= 15 is 0 Å². The lowest BCUT2D eigenvalue weighted by Crippen LogP contribution is -2.28. The molecular formula is C17H20Cl2N4O2S2. The third-order valence-corrected chi connectivity index (χ3v) is 6.62. The van der Waals surface area contributed by atoms with E-state index < -0.39 is 0 Å². The quantitative estimate of drug-likeness (QED) is 0.584. The summed E-state index contributed by atoms with van der Waals surface area (Å²) in [5.74, 6) is 0.165. The second-order valence-electron chi connectivity index (χ2n) is 6.13. The molecule has 2 aromatic rings. The molecule has 0 aliphatic carbocycles. The van der Waals surface area contributed by atoms with Crippen LogP contribution in [0.2, 0.25) is 10.0 Å². The van der Waals surface area contributed by atoms with Crippen LogP contribution in [0.4, 0.5) is 5.13 Å². The maximum Gasteiger partial charge on any atom is 0.230 e. The zero-order chi connectivity index (χ0) is 19.2. The first-order chi connectivity index (χ1) is 13.0. The Balaban J connectivity index is 1.43. The summed E-state index contributed by atoms with van der Waals surface area (Å²) in [6.45, 7) is 3.45. The van der Waals surface area contributed by atoms with Crippen molar-refractivity contribution < 1.29 is 9.53 Å². The van der Waals surface area contributed by atoms with E-state index in [4.69, 9.17) is 27.9 Å². The maximum absolute atomic E-state index is 12.2. The highest BCUT2D eigenvalue weighted by molar-refractivity contribution is 8.01. The number of thioether (sulfide) groups is 1. The van der Waals surface area contributed by atoms with Crippen LogP contribution in [0.5, 0.6) is 0 Å². The Kier molecular flexibility index (Phi) is 7.60. The van der Waals surface area contributed by atoms with E-state index in [0.29, 0.717) is 10.0 Å². The van der Waals surface area contributed by atoms with E-state index in [1.54, 1.807) is 12.1 Å². The number of nitrogens with one attached hydrogen (secondary N) is 2. The van der Waals surface area contributed by atoms with Crippen molar-refractivity contribution in [3.8, 4) is 0 Å². The van der Waals surface area contributed by atoms with Crippen molar-refractivity contribution in [3.63, 3.8) is 0 Å². The Morgan fingerprint density at radius 2 is 2.30 bits per heavy atom. The second kappa shape index (κ2) is 9.93. The molecule has 27 heavy (non-hydrogen) atoms. The van der Waals surface area contributed by atoms with Crippen LogP contribution in [-0.4, -0.2) is 41.1 Å². The third-order valence-electron chi connectivity index (χ3n) is 4.04. The minimum Gasteiger partial charge on any atom is -0.376 e. The zero-order valence-electron chi connectivity index (χ0n) is 14.7. The monoisotopic (exact) mass is 446 g/mol. The van der Waals surface area contributed by atoms with Gasteiger partial charge in [-0.25, -0.2) is 0 Å². The summed E-state index contributed by atoms with van der Waals surface area (Å²) in [6, 6.07) is 5.04. The standard InChI is InChI=1S/C17H20Cl2N4O2S2/c1-10(13-5-4-11(18)7-14(13)19)21-15(24)9-26-17-23-22-16(27-17)20-8-12-3-2-6-25-12/h4-5,7,10,12H,2-3,6,8-9H2,1H3,(H,20,22)(H,21,24)/t10-,12-/m0/s1. The molecule has 146 valence electrons. The van der Waals surface area contributed by atoms with E-state index in [9.17, 15) is 4.79 Å². The smallest absolute Gasteiger partial charge is 0.230 e. The summed E-state index contributed by atoms with van der Waals surface area (Å²) in [7, 11) is 0. The molecule has 2 N–H and O–H groups in total. The summed E-state index contributed by atoms with van der Waals surface area (Å²) >= 11 is 14.9. The van der Waals surface area contributed by atoms with E-state index in [-0.39, 0.29) is 23.8 Å². The van der Waals surface area contributed by atoms with Crippen molar-refractivity contribution in [2.75, 3.05) is 24.2 Å². The Bertz CT molecular complexity index is 784. The van der Waals surface area contributed by atoms with Gasteiger partial charge >= 0.3 is 0 Å². The SMILES string of the molecule is C[C@H](NC(=O)CSc1nnc(NC[C@@H]2CCCO2)s1)c1ccc(Cl)cc1Cl. The van der Waals surface area contributed by atoms with Crippen LogP contribution in [-0.2, 0) is 9.53 Å². The Morgan fingerprint density at radius 3 is 3.04 bits per heavy atom. The lowest BCUT2D eigenvalue weighted by atomic mass is 10.1. The molecule has 0 saturated carbocycles. The molecule has 2 atom stereocenters. The van der Waals surface area contributed by atoms with Gasteiger partial charge in [0.2, 0.25) is 11.0 Å². The van der Waals surface area contributed by atoms with Crippen LogP contribution < -0.4 is 10.6 Å². The summed E-state index contributed by atoms with van der Waals surface area (Å²) < 4.78 is 6.32. The summed E-state index contributed by atoms with van der Waals surface area (Å²) in [6.07, 6.45) is 2.43. The second-order valence-corrected chi connectivity index (χ2v) is 9.18. The molecule has 1 amide bonds. The fraction of sp³-hybridized carbons (Fsp3) is 0.471. The molecule has 1 fully saturated rings. The van der Waals surface area contributed by atoms with Crippen LogP contribution in [0, 0.1) is 0 Å². The van der Waals surface area contributed by atoms with Crippen molar-refractivity contribution in [2.24, 2.45) is 0 Å². The topological polar surface area (TPSA) is 76.1 Å². The third kappa shape index (κ3) is 6.22. The number of ether oxygens (including phenoxy) is 1. The number of anilines is 1. The highest BCUT2D eigenvalue weighted by Gasteiger charge is 2.17. The minimum absolute atomic E-state index is 0.0948. The first kappa shape index (κ1) is 20.7. The Labute approximate surface area is 176 Å². The predicted molar refractivity (Wildman–Crippen MR) is 111 cm³/mol. The van der Waals surface area contributed by atoms with E-state index in [0.717, 1.165) is 41.0 Å². The maximum atomic E-state index is 12.2. The van der Waals surface area contributed by atoms with Gasteiger partial charge in [-0.2, -0.15) is 0 Å². The number of amides is 1. The van der Waals surface area contributed by atoms with Gasteiger partial charge < -0.3 is 15.4 Å². The molecule has 1 aromatic heterocycles. The first-order valence-electron chi connectivity index (χ1n) is 8.57. The Hall–Kier alpha value is -1.06. The molecule has 1 aliphatic heterocycles. The van der Waals surface area contributed by atoms with Gasteiger partial charge in [-0.3, -0.25) is 4.79 Å².